The molecule has 1 aromatic rings. The van der Waals surface area contributed by atoms with Crippen LogP contribution < -0.4 is 10.1 Å². The molecule has 0 aromatic carbocycles. The fourth-order valence-electron chi connectivity index (χ4n) is 3.15. The third kappa shape index (κ3) is 2.81. The van der Waals surface area contributed by atoms with Crippen molar-refractivity contribution in [3.63, 3.8) is 0 Å². The van der Waals surface area contributed by atoms with Crippen molar-refractivity contribution in [3.8, 4) is 5.88 Å². The molecule has 0 saturated carbocycles. The number of aryl methyl sites for hydroxylation is 1. The number of nitrogens with one attached hydrogen (secondary N) is 1. The van der Waals surface area contributed by atoms with E-state index in [1.165, 1.54) is 25.9 Å². The number of aromatic nitrogens is 2. The third-order valence-electron chi connectivity index (χ3n) is 4.10. The maximum Gasteiger partial charge on any atom is 0.218 e. The van der Waals surface area contributed by atoms with Crippen molar-refractivity contribution in [1.29, 1.82) is 0 Å². The Morgan fingerprint density at radius 3 is 2.79 bits per heavy atom. The van der Waals surface area contributed by atoms with Gasteiger partial charge in [0.1, 0.15) is 11.6 Å². The molecule has 3 fully saturated rings. The molecule has 0 amide bonds. The van der Waals surface area contributed by atoms with Gasteiger partial charge in [-0.25, -0.2) is 4.98 Å². The van der Waals surface area contributed by atoms with E-state index in [0.29, 0.717) is 18.5 Å². The SMILES string of the molecule is CCOc1cc(NC2CN3CCC2CC3)nc(C)n1. The van der Waals surface area contributed by atoms with Crippen LogP contribution in [0.5, 0.6) is 5.88 Å². The molecule has 2 bridgehead atoms. The summed E-state index contributed by atoms with van der Waals surface area (Å²) >= 11 is 0. The van der Waals surface area contributed by atoms with Crippen LogP contribution in [0.3, 0.4) is 0 Å². The van der Waals surface area contributed by atoms with Crippen LogP contribution in [0.15, 0.2) is 6.07 Å². The van der Waals surface area contributed by atoms with Gasteiger partial charge < -0.3 is 15.0 Å². The molecule has 0 radical (unpaired) electrons. The molecule has 4 heterocycles. The molecule has 3 aliphatic heterocycles. The van der Waals surface area contributed by atoms with Crippen molar-refractivity contribution in [1.82, 2.24) is 14.9 Å². The first-order valence-corrected chi connectivity index (χ1v) is 7.22. The summed E-state index contributed by atoms with van der Waals surface area (Å²) in [6.07, 6.45) is 2.61. The normalized spacial score (nSPS) is 29.3. The number of nitrogens with zero attached hydrogens (tertiary/aromatic N) is 3. The second kappa shape index (κ2) is 5.33. The van der Waals surface area contributed by atoms with Gasteiger partial charge in [0.25, 0.3) is 0 Å². The summed E-state index contributed by atoms with van der Waals surface area (Å²) in [5.74, 6) is 3.11. The van der Waals surface area contributed by atoms with Crippen molar-refractivity contribution in [2.75, 3.05) is 31.6 Å². The first kappa shape index (κ1) is 12.7. The van der Waals surface area contributed by atoms with E-state index < -0.39 is 0 Å². The molecule has 3 saturated heterocycles. The Morgan fingerprint density at radius 1 is 1.37 bits per heavy atom. The zero-order chi connectivity index (χ0) is 13.2. The number of anilines is 1. The van der Waals surface area contributed by atoms with Gasteiger partial charge in [0.15, 0.2) is 0 Å². The fourth-order valence-corrected chi connectivity index (χ4v) is 3.15. The van der Waals surface area contributed by atoms with Gasteiger partial charge in [-0.2, -0.15) is 4.98 Å². The Kier molecular flexibility index (Phi) is 3.55. The Balaban J connectivity index is 1.72. The average molecular weight is 262 g/mol. The van der Waals surface area contributed by atoms with Crippen LogP contribution in [0, 0.1) is 12.8 Å². The molecule has 0 spiro atoms. The first-order chi connectivity index (χ1) is 9.24. The maximum atomic E-state index is 5.48. The summed E-state index contributed by atoms with van der Waals surface area (Å²) in [5, 5.41) is 3.58. The van der Waals surface area contributed by atoms with E-state index in [1.807, 2.05) is 19.9 Å². The van der Waals surface area contributed by atoms with E-state index in [4.69, 9.17) is 4.74 Å². The molecule has 5 heteroatoms. The highest BCUT2D eigenvalue weighted by atomic mass is 16.5. The number of hydrogen-bond acceptors (Lipinski definition) is 5. The molecule has 19 heavy (non-hydrogen) atoms. The van der Waals surface area contributed by atoms with Crippen molar-refractivity contribution in [2.45, 2.75) is 32.7 Å². The highest BCUT2D eigenvalue weighted by Crippen LogP contribution is 2.29. The Bertz CT molecular complexity index is 443. The van der Waals surface area contributed by atoms with Crippen LogP contribution in [-0.4, -0.2) is 47.2 Å². The zero-order valence-corrected chi connectivity index (χ0v) is 11.7. The van der Waals surface area contributed by atoms with Gasteiger partial charge >= 0.3 is 0 Å². The quantitative estimate of drug-likeness (QED) is 0.895. The predicted molar refractivity (Wildman–Crippen MR) is 74.5 cm³/mol. The molecule has 4 rings (SSSR count). The molecule has 0 aliphatic carbocycles. The van der Waals surface area contributed by atoms with Gasteiger partial charge in [0, 0.05) is 18.7 Å². The lowest BCUT2D eigenvalue weighted by Gasteiger charge is -2.45. The number of rotatable bonds is 4. The second-order valence-corrected chi connectivity index (χ2v) is 5.46. The summed E-state index contributed by atoms with van der Waals surface area (Å²) < 4.78 is 5.48. The lowest BCUT2D eigenvalue weighted by Crippen LogP contribution is -2.53. The van der Waals surface area contributed by atoms with Crippen LogP contribution in [-0.2, 0) is 0 Å². The first-order valence-electron chi connectivity index (χ1n) is 7.22. The lowest BCUT2D eigenvalue weighted by atomic mass is 9.84. The lowest BCUT2D eigenvalue weighted by molar-refractivity contribution is 0.0973. The monoisotopic (exact) mass is 262 g/mol. The number of hydrogen-bond donors (Lipinski definition) is 1. The van der Waals surface area contributed by atoms with E-state index >= 15 is 0 Å². The number of fused-ring (bicyclic) bond motifs is 3. The second-order valence-electron chi connectivity index (χ2n) is 5.46. The van der Waals surface area contributed by atoms with Crippen LogP contribution in [0.2, 0.25) is 0 Å². The van der Waals surface area contributed by atoms with E-state index in [2.05, 4.69) is 20.2 Å². The molecule has 1 unspecified atom stereocenters. The highest BCUT2D eigenvalue weighted by molar-refractivity contribution is 5.40. The Morgan fingerprint density at radius 2 is 2.16 bits per heavy atom. The number of ether oxygens (including phenoxy) is 1. The molecule has 1 aromatic heterocycles. The minimum absolute atomic E-state index is 0.520. The maximum absolute atomic E-state index is 5.48. The highest BCUT2D eigenvalue weighted by Gasteiger charge is 2.34. The average Bonchev–Trinajstić information content (AvgIpc) is 2.39. The van der Waals surface area contributed by atoms with Gasteiger partial charge in [-0.15, -0.1) is 0 Å². The van der Waals surface area contributed by atoms with E-state index in [-0.39, 0.29) is 0 Å². The van der Waals surface area contributed by atoms with E-state index in [9.17, 15) is 0 Å². The fraction of sp³-hybridized carbons (Fsp3) is 0.714. The van der Waals surface area contributed by atoms with Gasteiger partial charge in [-0.3, -0.25) is 0 Å². The number of piperidine rings is 3. The van der Waals surface area contributed by atoms with Gasteiger partial charge in [-0.05, 0) is 45.7 Å². The summed E-state index contributed by atoms with van der Waals surface area (Å²) in [6, 6.07) is 2.43. The smallest absolute Gasteiger partial charge is 0.218 e. The van der Waals surface area contributed by atoms with E-state index in [1.54, 1.807) is 0 Å². The molecule has 1 N–H and O–H groups in total. The Labute approximate surface area is 114 Å². The molecule has 104 valence electrons. The van der Waals surface area contributed by atoms with Crippen LogP contribution in [0.4, 0.5) is 5.82 Å². The molecular weight excluding hydrogens is 240 g/mol. The van der Waals surface area contributed by atoms with Crippen LogP contribution in [0.1, 0.15) is 25.6 Å². The van der Waals surface area contributed by atoms with Crippen molar-refractivity contribution >= 4 is 5.82 Å². The molecule has 1 atom stereocenters. The molecule has 5 nitrogen and oxygen atoms in total. The summed E-state index contributed by atoms with van der Waals surface area (Å²) in [6.45, 7) is 8.17. The van der Waals surface area contributed by atoms with Gasteiger partial charge in [-0.1, -0.05) is 0 Å². The Hall–Kier alpha value is -1.36. The zero-order valence-electron chi connectivity index (χ0n) is 11.7. The van der Waals surface area contributed by atoms with E-state index in [0.717, 1.165) is 24.1 Å². The van der Waals surface area contributed by atoms with Crippen molar-refractivity contribution < 1.29 is 4.74 Å². The predicted octanol–water partition coefficient (Wildman–Crippen LogP) is 1.69. The topological polar surface area (TPSA) is 50.3 Å². The summed E-state index contributed by atoms with van der Waals surface area (Å²) in [4.78, 5) is 11.3. The summed E-state index contributed by atoms with van der Waals surface area (Å²) in [5.41, 5.74) is 0. The van der Waals surface area contributed by atoms with Crippen LogP contribution >= 0.6 is 0 Å². The van der Waals surface area contributed by atoms with Crippen LogP contribution in [0.25, 0.3) is 0 Å². The minimum Gasteiger partial charge on any atom is -0.478 e. The standard InChI is InChI=1S/C14H22N4O/c1-3-19-14-8-13(15-10(2)16-14)17-12-9-18-6-4-11(12)5-7-18/h8,11-12H,3-7,9H2,1-2H3,(H,15,16,17). The summed E-state index contributed by atoms with van der Waals surface area (Å²) in [7, 11) is 0. The molecular formula is C14H22N4O. The largest absolute Gasteiger partial charge is 0.478 e. The van der Waals surface area contributed by atoms with Crippen molar-refractivity contribution in [3.05, 3.63) is 11.9 Å². The van der Waals surface area contributed by atoms with Gasteiger partial charge in [0.05, 0.1) is 6.61 Å². The minimum atomic E-state index is 0.520. The van der Waals surface area contributed by atoms with Crippen molar-refractivity contribution in [2.24, 2.45) is 5.92 Å². The third-order valence-corrected chi connectivity index (χ3v) is 4.10. The van der Waals surface area contributed by atoms with Gasteiger partial charge in [0.2, 0.25) is 5.88 Å². The molecule has 3 aliphatic rings.